The predicted octanol–water partition coefficient (Wildman–Crippen LogP) is 11.4. The number of ether oxygens (including phenoxy) is 3. The Morgan fingerprint density at radius 2 is 1.05 bits per heavy atom. The molecule has 2 aliphatic rings. The summed E-state index contributed by atoms with van der Waals surface area (Å²) in [6.07, 6.45) is 13.3. The maximum Gasteiger partial charge on any atom is 0.253 e. The number of rotatable bonds is 27. The SMILES string of the molecule is CCCN(CCC)C(=O)C1=Cc2ccc(-c3ccc(C=S)c(/C=N\N(C)Cc4nc(OC)cc(ONC5=Nc6cc(-c7ccc(C=S)c(/C=C\N(C)Cc8nc(OC)cc(OC)n8)c7)ccc6C=C(C(=O)N(CCC)CCC)C5)n4)c3)cc2N=C(N)C1. The van der Waals surface area contributed by atoms with Gasteiger partial charge in [0.15, 0.2) is 11.6 Å². The lowest BCUT2D eigenvalue weighted by Crippen LogP contribution is -2.35. The lowest BCUT2D eigenvalue weighted by molar-refractivity contribution is -0.128. The summed E-state index contributed by atoms with van der Waals surface area (Å²) in [5.41, 5.74) is 20.6. The van der Waals surface area contributed by atoms with Crippen molar-refractivity contribution < 1.29 is 28.6 Å². The average Bonchev–Trinajstić information content (AvgIpc) is 4.12. The highest BCUT2D eigenvalue weighted by Crippen LogP contribution is 2.35. The Balaban J connectivity index is 1.02. The number of amides is 2. The van der Waals surface area contributed by atoms with Crippen molar-refractivity contribution in [2.24, 2.45) is 20.8 Å². The molecule has 0 radical (unpaired) electrons. The number of carbonyl (C=O) groups excluding carboxylic acids is 2. The zero-order valence-electron chi connectivity index (χ0n) is 50.9. The van der Waals surface area contributed by atoms with Crippen molar-refractivity contribution >= 4 is 94.5 Å². The average molecular weight is 1210 g/mol. The van der Waals surface area contributed by atoms with E-state index in [-0.39, 0.29) is 43.0 Å². The maximum absolute atomic E-state index is 14.4. The lowest BCUT2D eigenvalue weighted by atomic mass is 9.97. The van der Waals surface area contributed by atoms with Crippen LogP contribution in [0, 0.1) is 0 Å². The van der Waals surface area contributed by atoms with Crippen molar-refractivity contribution in [1.82, 2.24) is 45.1 Å². The molecule has 19 nitrogen and oxygen atoms in total. The van der Waals surface area contributed by atoms with Gasteiger partial charge in [-0.2, -0.15) is 25.0 Å². The van der Waals surface area contributed by atoms with Crippen LogP contribution in [-0.2, 0) is 22.7 Å². The Labute approximate surface area is 520 Å². The predicted molar refractivity (Wildman–Crippen MR) is 354 cm³/mol. The first kappa shape index (κ1) is 63.8. The summed E-state index contributed by atoms with van der Waals surface area (Å²) < 4.78 is 16.3. The van der Waals surface area contributed by atoms with Crippen LogP contribution < -0.4 is 30.3 Å². The Bertz CT molecular complexity index is 3660. The van der Waals surface area contributed by atoms with Gasteiger partial charge in [0, 0.05) is 91.7 Å². The number of carbonyl (C=O) groups is 2. The van der Waals surface area contributed by atoms with Crippen LogP contribution in [0.2, 0.25) is 0 Å². The van der Waals surface area contributed by atoms with Crippen LogP contribution in [0.1, 0.15) is 111 Å². The molecule has 3 N–H and O–H groups in total. The topological polar surface area (TPSA) is 211 Å². The van der Waals surface area contributed by atoms with Gasteiger partial charge in [0.1, 0.15) is 11.7 Å². The van der Waals surface area contributed by atoms with Crippen molar-refractivity contribution in [3.05, 3.63) is 147 Å². The van der Waals surface area contributed by atoms with E-state index >= 15 is 0 Å². The van der Waals surface area contributed by atoms with Crippen LogP contribution in [0.5, 0.6) is 23.5 Å². The molecule has 0 aliphatic carbocycles. The number of nitrogens with zero attached hydrogens (tertiary/aromatic N) is 11. The van der Waals surface area contributed by atoms with E-state index in [0.29, 0.717) is 90.3 Å². The molecule has 4 aromatic carbocycles. The molecule has 0 bridgehead atoms. The first-order chi connectivity index (χ1) is 42.2. The zero-order chi connectivity index (χ0) is 62.0. The van der Waals surface area contributed by atoms with Gasteiger partial charge in [-0.15, -0.1) is 0 Å². The lowest BCUT2D eigenvalue weighted by Gasteiger charge is -2.23. The highest BCUT2D eigenvalue weighted by molar-refractivity contribution is 7.79. The van der Waals surface area contributed by atoms with Gasteiger partial charge >= 0.3 is 0 Å². The normalized spacial score (nSPS) is 12.7. The van der Waals surface area contributed by atoms with Crippen LogP contribution in [0.4, 0.5) is 11.4 Å². The van der Waals surface area contributed by atoms with Gasteiger partial charge in [-0.3, -0.25) is 14.6 Å². The minimum absolute atomic E-state index is 0.00878. The monoisotopic (exact) mass is 1210 g/mol. The van der Waals surface area contributed by atoms with E-state index in [9.17, 15) is 9.59 Å². The van der Waals surface area contributed by atoms with Gasteiger partial charge in [0.05, 0.1) is 64.1 Å². The third-order valence-electron chi connectivity index (χ3n) is 14.2. The molecule has 2 aromatic heterocycles. The number of benzene rings is 4. The Morgan fingerprint density at radius 3 is 1.57 bits per heavy atom. The highest BCUT2D eigenvalue weighted by Gasteiger charge is 2.25. The molecule has 2 amide bonds. The maximum atomic E-state index is 14.4. The Hall–Kier alpha value is -9.21. The largest absolute Gasteiger partial charge is 0.481 e. The number of aliphatic imine (C=N–C) groups is 2. The number of amidine groups is 2. The van der Waals surface area contributed by atoms with Crippen molar-refractivity contribution in [1.29, 1.82) is 0 Å². The number of hydrogen-bond acceptors (Lipinski definition) is 19. The number of methoxy groups -OCH3 is 3. The molecule has 21 heteroatoms. The number of nitrogens with two attached hydrogens (primary N) is 1. The first-order valence-electron chi connectivity index (χ1n) is 29.0. The second kappa shape index (κ2) is 30.7. The molecule has 0 fully saturated rings. The van der Waals surface area contributed by atoms with Gasteiger partial charge in [-0.1, -0.05) is 101 Å². The van der Waals surface area contributed by atoms with Crippen molar-refractivity contribution in [2.75, 3.05) is 61.6 Å². The van der Waals surface area contributed by atoms with E-state index in [1.54, 1.807) is 48.3 Å². The minimum atomic E-state index is -0.0735. The number of hydroxylamine groups is 1. The molecule has 0 saturated heterocycles. The van der Waals surface area contributed by atoms with Crippen molar-refractivity contribution in [2.45, 2.75) is 79.3 Å². The van der Waals surface area contributed by atoms with Crippen LogP contribution in [-0.4, -0.2) is 142 Å². The molecule has 0 saturated carbocycles. The molecule has 4 heterocycles. The van der Waals surface area contributed by atoms with Crippen molar-refractivity contribution in [3.8, 4) is 45.8 Å². The molecule has 0 atom stereocenters. The number of fused-ring (bicyclic) bond motifs is 2. The molecule has 6 aromatic rings. The van der Waals surface area contributed by atoms with Gasteiger partial charge in [0.25, 0.3) is 5.88 Å². The molecule has 2 aliphatic heterocycles. The molecule has 452 valence electrons. The second-order valence-corrected chi connectivity index (χ2v) is 21.4. The molecular formula is C66H75N13O6S2. The summed E-state index contributed by atoms with van der Waals surface area (Å²) in [4.78, 5) is 68.1. The molecule has 8 rings (SSSR count). The number of thiocarbonyl (C=S) groups is 2. The van der Waals surface area contributed by atoms with E-state index in [0.717, 1.165) is 81.3 Å². The zero-order valence-corrected chi connectivity index (χ0v) is 52.5. The Morgan fingerprint density at radius 1 is 0.586 bits per heavy atom. The molecule has 87 heavy (non-hydrogen) atoms. The van der Waals surface area contributed by atoms with E-state index in [2.05, 4.69) is 54.2 Å². The van der Waals surface area contributed by atoms with Crippen LogP contribution in [0.15, 0.2) is 117 Å². The second-order valence-electron chi connectivity index (χ2n) is 20.9. The number of hydrogen-bond donors (Lipinski definition) is 2. The smallest absolute Gasteiger partial charge is 0.253 e. The summed E-state index contributed by atoms with van der Waals surface area (Å²) in [6, 6.07) is 27.2. The molecule has 0 unspecified atom stereocenters. The fraction of sp³-hybridized carbons (Fsp3) is 0.318. The summed E-state index contributed by atoms with van der Waals surface area (Å²) >= 11 is 10.9. The summed E-state index contributed by atoms with van der Waals surface area (Å²) in [6.45, 7) is 11.4. The van der Waals surface area contributed by atoms with Gasteiger partial charge in [-0.05, 0) is 113 Å². The fourth-order valence-corrected chi connectivity index (χ4v) is 10.4. The van der Waals surface area contributed by atoms with E-state index in [4.69, 9.17) is 69.3 Å². The van der Waals surface area contributed by atoms with Crippen LogP contribution in [0.3, 0.4) is 0 Å². The van der Waals surface area contributed by atoms with Crippen LogP contribution >= 0.6 is 24.4 Å². The number of aromatic nitrogens is 4. The first-order valence-corrected chi connectivity index (χ1v) is 29.9. The quantitative estimate of drug-likeness (QED) is 0.0279. The van der Waals surface area contributed by atoms with Crippen molar-refractivity contribution in [3.63, 3.8) is 0 Å². The van der Waals surface area contributed by atoms with Gasteiger partial charge < -0.3 is 39.5 Å². The fourth-order valence-electron chi connectivity index (χ4n) is 9.95. The van der Waals surface area contributed by atoms with Gasteiger partial charge in [-0.25, -0.2) is 15.5 Å². The van der Waals surface area contributed by atoms with E-state index in [1.807, 2.05) is 120 Å². The molecule has 0 spiro atoms. The van der Waals surface area contributed by atoms with Crippen LogP contribution in [0.25, 0.3) is 40.5 Å². The third kappa shape index (κ3) is 16.8. The number of hydrazone groups is 1. The van der Waals surface area contributed by atoms with E-state index in [1.165, 1.54) is 7.11 Å². The summed E-state index contributed by atoms with van der Waals surface area (Å²) in [7, 11) is 8.36. The standard InChI is InChI=1S/C66H75N13O6S2/c1-10-23-78(24-11-2)65(80)52-30-48-18-14-45(32-55(48)69-57(67)34-52)44-17-21-51(42-87)54(29-44)38-68-77(6)40-60-73-63(84-9)37-64(74-60)85-75-58-35-53(66(81)79(25-12-3)26-13-4)31-49-19-15-46(33-56(49)70-58)43-16-20-50(41-86)47(28-43)22-27-76(5)39-59-71-61(82-7)36-62(72-59)83-8/h14-22,27-33,36-38,41-42H,10-13,23-26,34-35,39-40H2,1-9H3,(H2,67,69)(H,70,75)/b27-22-,68-38-. The number of nitrogens with one attached hydrogen (secondary N) is 1. The van der Waals surface area contributed by atoms with E-state index < -0.39 is 0 Å². The third-order valence-corrected chi connectivity index (χ3v) is 14.7. The minimum Gasteiger partial charge on any atom is -0.481 e. The molecular weight excluding hydrogens is 1130 g/mol. The Kier molecular flexibility index (Phi) is 22.5. The van der Waals surface area contributed by atoms with Gasteiger partial charge in [0.2, 0.25) is 29.5 Å². The summed E-state index contributed by atoms with van der Waals surface area (Å²) in [5, 5.41) is 9.75. The summed E-state index contributed by atoms with van der Waals surface area (Å²) in [5.74, 6) is 2.83. The highest BCUT2D eigenvalue weighted by atomic mass is 32.1.